The zero-order valence-corrected chi connectivity index (χ0v) is 9.25. The van der Waals surface area contributed by atoms with Gasteiger partial charge in [-0.2, -0.15) is 0 Å². The molecular formula is C8H15O5P. The first-order valence-electron chi connectivity index (χ1n) is 4.09. The molecule has 0 fully saturated rings. The highest BCUT2D eigenvalue weighted by molar-refractivity contribution is 7.52. The highest BCUT2D eigenvalue weighted by Gasteiger charge is 2.16. The van der Waals surface area contributed by atoms with Gasteiger partial charge in [0.1, 0.15) is 0 Å². The van der Waals surface area contributed by atoms with E-state index < -0.39 is 13.6 Å². The average Bonchev–Trinajstić information content (AvgIpc) is 2.12. The predicted octanol–water partition coefficient (Wildman–Crippen LogP) is 1.33. The third-order valence-electron chi connectivity index (χ3n) is 1.45. The monoisotopic (exact) mass is 222 g/mol. The molecular weight excluding hydrogens is 207 g/mol. The third-order valence-corrected chi connectivity index (χ3v) is 2.90. The molecule has 0 spiro atoms. The lowest BCUT2D eigenvalue weighted by Gasteiger charge is -2.08. The lowest BCUT2D eigenvalue weighted by Crippen LogP contribution is -2.07. The molecule has 0 aliphatic carbocycles. The standard InChI is InChI=1S/C8H15O5P/c1-7(2)8(9)13-5-4-6-14(10,11)12-3/h1,4-6H2,2-3H3,(H,10,11). The molecule has 5 nitrogen and oxygen atoms in total. The van der Waals surface area contributed by atoms with Crippen molar-refractivity contribution in [2.45, 2.75) is 13.3 Å². The molecule has 0 aromatic carbocycles. The van der Waals surface area contributed by atoms with Crippen molar-refractivity contribution in [2.24, 2.45) is 0 Å². The molecule has 0 aromatic heterocycles. The Morgan fingerprint density at radius 2 is 2.14 bits per heavy atom. The van der Waals surface area contributed by atoms with Crippen LogP contribution in [0.15, 0.2) is 12.2 Å². The SMILES string of the molecule is C=C(C)C(=O)OCCCP(=O)(O)OC. The quantitative estimate of drug-likeness (QED) is 0.317. The molecule has 82 valence electrons. The van der Waals surface area contributed by atoms with E-state index in [0.717, 1.165) is 0 Å². The van der Waals surface area contributed by atoms with E-state index in [4.69, 9.17) is 9.63 Å². The highest BCUT2D eigenvalue weighted by Crippen LogP contribution is 2.40. The number of carbonyl (C=O) groups is 1. The van der Waals surface area contributed by atoms with Crippen molar-refractivity contribution in [3.05, 3.63) is 12.2 Å². The van der Waals surface area contributed by atoms with Gasteiger partial charge in [0.25, 0.3) is 0 Å². The number of esters is 1. The fourth-order valence-electron chi connectivity index (χ4n) is 0.644. The summed E-state index contributed by atoms with van der Waals surface area (Å²) in [5, 5.41) is 0. The second-order valence-electron chi connectivity index (χ2n) is 2.81. The Balaban J connectivity index is 3.62. The normalized spacial score (nSPS) is 14.5. The van der Waals surface area contributed by atoms with Crippen LogP contribution < -0.4 is 0 Å². The second kappa shape index (κ2) is 5.96. The fraction of sp³-hybridized carbons (Fsp3) is 0.625. The van der Waals surface area contributed by atoms with Crippen LogP contribution >= 0.6 is 7.60 Å². The molecule has 0 rings (SSSR count). The number of hydrogen-bond donors (Lipinski definition) is 1. The summed E-state index contributed by atoms with van der Waals surface area (Å²) in [6.07, 6.45) is 0.271. The van der Waals surface area contributed by atoms with E-state index in [0.29, 0.717) is 12.0 Å². The van der Waals surface area contributed by atoms with E-state index in [1.54, 1.807) is 0 Å². The summed E-state index contributed by atoms with van der Waals surface area (Å²) >= 11 is 0. The van der Waals surface area contributed by atoms with Crippen LogP contribution in [-0.2, 0) is 18.6 Å². The average molecular weight is 222 g/mol. The van der Waals surface area contributed by atoms with Gasteiger partial charge < -0.3 is 14.2 Å². The van der Waals surface area contributed by atoms with Crippen molar-refractivity contribution in [1.82, 2.24) is 0 Å². The van der Waals surface area contributed by atoms with Gasteiger partial charge in [-0.15, -0.1) is 0 Å². The molecule has 6 heteroatoms. The van der Waals surface area contributed by atoms with Crippen molar-refractivity contribution in [3.8, 4) is 0 Å². The molecule has 0 radical (unpaired) electrons. The van der Waals surface area contributed by atoms with E-state index in [2.05, 4.69) is 11.1 Å². The van der Waals surface area contributed by atoms with Gasteiger partial charge in [-0.3, -0.25) is 4.57 Å². The van der Waals surface area contributed by atoms with E-state index in [1.165, 1.54) is 14.0 Å². The number of ether oxygens (including phenoxy) is 1. The molecule has 0 saturated heterocycles. The van der Waals surface area contributed by atoms with Crippen LogP contribution in [0, 0.1) is 0 Å². The Morgan fingerprint density at radius 3 is 2.57 bits per heavy atom. The minimum Gasteiger partial charge on any atom is -0.462 e. The van der Waals surface area contributed by atoms with Gasteiger partial charge in [-0.1, -0.05) is 6.58 Å². The van der Waals surface area contributed by atoms with Crippen molar-refractivity contribution in [1.29, 1.82) is 0 Å². The predicted molar refractivity (Wildman–Crippen MR) is 52.1 cm³/mol. The summed E-state index contributed by atoms with van der Waals surface area (Å²) in [4.78, 5) is 19.8. The van der Waals surface area contributed by atoms with Gasteiger partial charge in [-0.25, -0.2) is 4.79 Å². The van der Waals surface area contributed by atoms with E-state index >= 15 is 0 Å². The Bertz CT molecular complexity index is 260. The Labute approximate surface area is 83.3 Å². The summed E-state index contributed by atoms with van der Waals surface area (Å²) in [6, 6.07) is 0. The molecule has 1 unspecified atom stereocenters. The molecule has 0 heterocycles. The second-order valence-corrected chi connectivity index (χ2v) is 4.90. The van der Waals surface area contributed by atoms with Crippen LogP contribution in [0.4, 0.5) is 0 Å². The molecule has 1 N–H and O–H groups in total. The van der Waals surface area contributed by atoms with Gasteiger partial charge in [0.15, 0.2) is 0 Å². The lowest BCUT2D eigenvalue weighted by atomic mass is 10.4. The van der Waals surface area contributed by atoms with Crippen molar-refractivity contribution < 1.29 is 23.5 Å². The Kier molecular flexibility index (Phi) is 5.69. The van der Waals surface area contributed by atoms with Crippen LogP contribution in [-0.4, -0.2) is 30.7 Å². The summed E-state index contributed by atoms with van der Waals surface area (Å²) in [5.41, 5.74) is 0.309. The summed E-state index contributed by atoms with van der Waals surface area (Å²) in [6.45, 7) is 5.03. The van der Waals surface area contributed by atoms with Gasteiger partial charge in [0.05, 0.1) is 12.8 Å². The lowest BCUT2D eigenvalue weighted by molar-refractivity contribution is -0.138. The first-order valence-corrected chi connectivity index (χ1v) is 5.85. The third kappa shape index (κ3) is 5.91. The number of hydrogen-bond acceptors (Lipinski definition) is 4. The molecule has 14 heavy (non-hydrogen) atoms. The molecule has 0 aliphatic rings. The van der Waals surface area contributed by atoms with Gasteiger partial charge in [0.2, 0.25) is 0 Å². The maximum atomic E-state index is 10.9. The van der Waals surface area contributed by atoms with E-state index in [-0.39, 0.29) is 12.8 Å². The van der Waals surface area contributed by atoms with Gasteiger partial charge >= 0.3 is 13.6 Å². The van der Waals surface area contributed by atoms with Crippen molar-refractivity contribution >= 4 is 13.6 Å². The smallest absolute Gasteiger partial charge is 0.333 e. The van der Waals surface area contributed by atoms with Crippen LogP contribution in [0.3, 0.4) is 0 Å². The van der Waals surface area contributed by atoms with Crippen molar-refractivity contribution in [2.75, 3.05) is 19.9 Å². The van der Waals surface area contributed by atoms with Gasteiger partial charge in [0, 0.05) is 12.7 Å². The summed E-state index contributed by atoms with van der Waals surface area (Å²) in [5.74, 6) is -0.491. The van der Waals surface area contributed by atoms with Crippen molar-refractivity contribution in [3.63, 3.8) is 0 Å². The summed E-state index contributed by atoms with van der Waals surface area (Å²) < 4.78 is 20.0. The van der Waals surface area contributed by atoms with Crippen LogP contribution in [0.5, 0.6) is 0 Å². The largest absolute Gasteiger partial charge is 0.462 e. The zero-order valence-electron chi connectivity index (χ0n) is 8.36. The van der Waals surface area contributed by atoms with Crippen LogP contribution in [0.25, 0.3) is 0 Å². The van der Waals surface area contributed by atoms with E-state index in [1.807, 2.05) is 0 Å². The van der Waals surface area contributed by atoms with E-state index in [9.17, 15) is 9.36 Å². The van der Waals surface area contributed by atoms with Crippen LogP contribution in [0.1, 0.15) is 13.3 Å². The minimum atomic E-state index is -3.47. The first-order chi connectivity index (χ1) is 6.39. The number of carbonyl (C=O) groups excluding carboxylic acids is 1. The Morgan fingerprint density at radius 1 is 1.57 bits per heavy atom. The fourth-order valence-corrected chi connectivity index (χ4v) is 1.36. The van der Waals surface area contributed by atoms with Gasteiger partial charge in [-0.05, 0) is 13.3 Å². The maximum Gasteiger partial charge on any atom is 0.333 e. The molecule has 0 amide bonds. The molecule has 0 bridgehead atoms. The molecule has 0 aliphatic heterocycles. The minimum absolute atomic E-state index is 0.0209. The number of rotatable bonds is 6. The molecule has 1 atom stereocenters. The Hall–Kier alpha value is -0.640. The maximum absolute atomic E-state index is 10.9. The topological polar surface area (TPSA) is 72.8 Å². The first kappa shape index (κ1) is 13.4. The molecule has 0 saturated carbocycles. The zero-order chi connectivity index (χ0) is 11.2. The van der Waals surface area contributed by atoms with Crippen LogP contribution in [0.2, 0.25) is 0 Å². The highest BCUT2D eigenvalue weighted by atomic mass is 31.2. The summed E-state index contributed by atoms with van der Waals surface area (Å²) in [7, 11) is -2.30. The molecule has 0 aromatic rings.